The minimum Gasteiger partial charge on any atom is -0.338 e. The van der Waals surface area contributed by atoms with Gasteiger partial charge in [-0.25, -0.2) is 0 Å². The fourth-order valence-electron chi connectivity index (χ4n) is 1.61. The van der Waals surface area contributed by atoms with Gasteiger partial charge in [-0.3, -0.25) is 20.8 Å². The number of anilines is 1. The first kappa shape index (κ1) is 15.4. The fourth-order valence-corrected chi connectivity index (χ4v) is 1.61. The van der Waals surface area contributed by atoms with Gasteiger partial charge in [0.2, 0.25) is 0 Å². The van der Waals surface area contributed by atoms with Crippen LogP contribution in [0.15, 0.2) is 18.2 Å². The minimum atomic E-state index is -0.620. The summed E-state index contributed by atoms with van der Waals surface area (Å²) >= 11 is 0. The molecule has 0 aromatic heterocycles. The lowest BCUT2D eigenvalue weighted by Crippen LogP contribution is -2.34. The van der Waals surface area contributed by atoms with Gasteiger partial charge in [-0.2, -0.15) is 5.26 Å². The number of nitro benzene ring substituents is 1. The number of hydrazine groups is 1. The number of nitrogens with one attached hydrogen (secondary N) is 1. The summed E-state index contributed by atoms with van der Waals surface area (Å²) in [6.45, 7) is 1.73. The lowest BCUT2D eigenvalue weighted by Gasteiger charge is -2.23. The first-order valence-electron chi connectivity index (χ1n) is 5.81. The molecule has 3 N–H and O–H groups in total. The fraction of sp³-hybridized carbons (Fsp3) is 0.333. The Morgan fingerprint density at radius 2 is 2.30 bits per heavy atom. The molecule has 8 nitrogen and oxygen atoms in total. The monoisotopic (exact) mass is 277 g/mol. The number of hydrogen-bond donors (Lipinski definition) is 2. The van der Waals surface area contributed by atoms with Gasteiger partial charge in [-0.15, -0.1) is 0 Å². The predicted molar refractivity (Wildman–Crippen MR) is 72.7 cm³/mol. The molecule has 1 unspecified atom stereocenters. The van der Waals surface area contributed by atoms with E-state index in [2.05, 4.69) is 5.43 Å². The van der Waals surface area contributed by atoms with Crippen LogP contribution in [0.25, 0.3) is 0 Å². The highest BCUT2D eigenvalue weighted by molar-refractivity contribution is 5.95. The van der Waals surface area contributed by atoms with Crippen molar-refractivity contribution in [3.05, 3.63) is 33.9 Å². The highest BCUT2D eigenvalue weighted by atomic mass is 16.6. The van der Waals surface area contributed by atoms with Crippen LogP contribution in [0.1, 0.15) is 23.7 Å². The number of carbonyl (C=O) groups is 1. The Hall–Kier alpha value is -2.66. The first-order valence-corrected chi connectivity index (χ1v) is 5.81. The molecule has 1 atom stereocenters. The first-order chi connectivity index (χ1) is 9.42. The van der Waals surface area contributed by atoms with Gasteiger partial charge in [0.25, 0.3) is 11.6 Å². The largest absolute Gasteiger partial charge is 0.338 e. The summed E-state index contributed by atoms with van der Waals surface area (Å²) in [7, 11) is 1.55. The smallest absolute Gasteiger partial charge is 0.294 e. The van der Waals surface area contributed by atoms with Crippen molar-refractivity contribution in [1.29, 1.82) is 5.26 Å². The molecule has 20 heavy (non-hydrogen) atoms. The highest BCUT2D eigenvalue weighted by Crippen LogP contribution is 2.25. The summed E-state index contributed by atoms with van der Waals surface area (Å²) < 4.78 is 0. The van der Waals surface area contributed by atoms with Crippen molar-refractivity contribution in [2.45, 2.75) is 19.4 Å². The molecule has 1 rings (SSSR count). The molecule has 0 aliphatic carbocycles. The molecular weight excluding hydrogens is 262 g/mol. The van der Waals surface area contributed by atoms with E-state index in [9.17, 15) is 14.9 Å². The van der Waals surface area contributed by atoms with Crippen LogP contribution in [-0.2, 0) is 0 Å². The summed E-state index contributed by atoms with van der Waals surface area (Å²) in [6.07, 6.45) is 0.187. The molecule has 0 heterocycles. The summed E-state index contributed by atoms with van der Waals surface area (Å²) in [5.41, 5.74) is 2.22. The van der Waals surface area contributed by atoms with Crippen LogP contribution in [0.5, 0.6) is 0 Å². The normalized spacial score (nSPS) is 11.3. The zero-order valence-corrected chi connectivity index (χ0v) is 11.2. The van der Waals surface area contributed by atoms with Crippen molar-refractivity contribution in [3.63, 3.8) is 0 Å². The van der Waals surface area contributed by atoms with Crippen LogP contribution in [0.3, 0.4) is 0 Å². The third-order valence-electron chi connectivity index (χ3n) is 2.97. The molecule has 0 bridgehead atoms. The van der Waals surface area contributed by atoms with Gasteiger partial charge in [0.05, 0.1) is 17.4 Å². The Bertz CT molecular complexity index is 567. The zero-order chi connectivity index (χ0) is 15.3. The summed E-state index contributed by atoms with van der Waals surface area (Å²) in [5, 5.41) is 19.5. The van der Waals surface area contributed by atoms with E-state index >= 15 is 0 Å². The number of nitrogens with zero attached hydrogens (tertiary/aromatic N) is 3. The molecule has 1 aromatic carbocycles. The van der Waals surface area contributed by atoms with Crippen molar-refractivity contribution in [2.75, 3.05) is 12.5 Å². The van der Waals surface area contributed by atoms with Gasteiger partial charge in [-0.05, 0) is 19.1 Å². The molecule has 0 fully saturated rings. The standard InChI is InChI=1S/C12H15N5O3/c1-8(5-6-13)16(2)12(18)9-3-4-10(15-14)11(7-9)17(19)20/h3-4,7-8,15H,5,14H2,1-2H3. The van der Waals surface area contributed by atoms with Gasteiger partial charge < -0.3 is 10.3 Å². The Kier molecular flexibility index (Phi) is 5.00. The van der Waals surface area contributed by atoms with Crippen molar-refractivity contribution in [2.24, 2.45) is 5.84 Å². The second-order valence-corrected chi connectivity index (χ2v) is 4.26. The second-order valence-electron chi connectivity index (χ2n) is 4.26. The molecule has 106 valence electrons. The van der Waals surface area contributed by atoms with Gasteiger partial charge in [0.1, 0.15) is 5.69 Å². The van der Waals surface area contributed by atoms with E-state index in [1.807, 2.05) is 6.07 Å². The van der Waals surface area contributed by atoms with E-state index in [0.717, 1.165) is 6.07 Å². The number of nitrogen functional groups attached to an aromatic ring is 1. The number of carbonyl (C=O) groups excluding carboxylic acids is 1. The zero-order valence-electron chi connectivity index (χ0n) is 11.2. The predicted octanol–water partition coefficient (Wildman–Crippen LogP) is 1.25. The van der Waals surface area contributed by atoms with E-state index < -0.39 is 4.92 Å². The van der Waals surface area contributed by atoms with Crippen molar-refractivity contribution in [1.82, 2.24) is 4.90 Å². The molecule has 0 radical (unpaired) electrons. The molecule has 0 aliphatic rings. The topological polar surface area (TPSA) is 125 Å². The Morgan fingerprint density at radius 1 is 1.65 bits per heavy atom. The molecule has 0 saturated carbocycles. The second kappa shape index (κ2) is 6.49. The maximum Gasteiger partial charge on any atom is 0.294 e. The average molecular weight is 277 g/mol. The van der Waals surface area contributed by atoms with Crippen LogP contribution in [0, 0.1) is 21.4 Å². The quantitative estimate of drug-likeness (QED) is 0.474. The van der Waals surface area contributed by atoms with Crippen LogP contribution in [0.2, 0.25) is 0 Å². The van der Waals surface area contributed by atoms with E-state index in [1.54, 1.807) is 14.0 Å². The SMILES string of the molecule is CC(CC#N)N(C)C(=O)c1ccc(NN)c([N+](=O)[O-])c1. The number of nitrogens with two attached hydrogens (primary N) is 1. The minimum absolute atomic E-state index is 0.124. The number of benzene rings is 1. The molecule has 1 amide bonds. The van der Waals surface area contributed by atoms with Crippen molar-refractivity contribution in [3.8, 4) is 6.07 Å². The molecule has 1 aromatic rings. The lowest BCUT2D eigenvalue weighted by atomic mass is 10.1. The average Bonchev–Trinajstić information content (AvgIpc) is 2.45. The van der Waals surface area contributed by atoms with E-state index in [-0.39, 0.29) is 35.3 Å². The van der Waals surface area contributed by atoms with E-state index in [4.69, 9.17) is 11.1 Å². The number of nitro groups is 1. The highest BCUT2D eigenvalue weighted by Gasteiger charge is 2.21. The Labute approximate surface area is 115 Å². The van der Waals surface area contributed by atoms with Crippen LogP contribution < -0.4 is 11.3 Å². The summed E-state index contributed by atoms with van der Waals surface area (Å²) in [4.78, 5) is 23.8. The van der Waals surface area contributed by atoms with Gasteiger partial charge in [-0.1, -0.05) is 0 Å². The van der Waals surface area contributed by atoms with E-state index in [0.29, 0.717) is 0 Å². The number of nitriles is 1. The number of hydrogen-bond acceptors (Lipinski definition) is 6. The molecule has 0 aliphatic heterocycles. The van der Waals surface area contributed by atoms with Crippen molar-refractivity contribution >= 4 is 17.3 Å². The maximum absolute atomic E-state index is 12.2. The van der Waals surface area contributed by atoms with Gasteiger partial charge in [0, 0.05) is 24.7 Å². The Morgan fingerprint density at radius 3 is 2.80 bits per heavy atom. The summed E-state index contributed by atoms with van der Waals surface area (Å²) in [6, 6.07) is 5.67. The van der Waals surface area contributed by atoms with Crippen LogP contribution in [-0.4, -0.2) is 28.8 Å². The molecule has 8 heteroatoms. The third-order valence-corrected chi connectivity index (χ3v) is 2.97. The van der Waals surface area contributed by atoms with Crippen LogP contribution in [0.4, 0.5) is 11.4 Å². The molecule has 0 spiro atoms. The maximum atomic E-state index is 12.2. The summed E-state index contributed by atoms with van der Waals surface area (Å²) in [5.74, 6) is 4.79. The van der Waals surface area contributed by atoms with Crippen LogP contribution >= 0.6 is 0 Å². The van der Waals surface area contributed by atoms with Gasteiger partial charge >= 0.3 is 0 Å². The van der Waals surface area contributed by atoms with Crippen molar-refractivity contribution < 1.29 is 9.72 Å². The lowest BCUT2D eigenvalue weighted by molar-refractivity contribution is -0.384. The molecule has 0 saturated heterocycles. The number of amides is 1. The number of rotatable bonds is 5. The molecular formula is C12H15N5O3. The Balaban J connectivity index is 3.09. The third kappa shape index (κ3) is 3.21. The van der Waals surface area contributed by atoms with Gasteiger partial charge in [0.15, 0.2) is 0 Å². The van der Waals surface area contributed by atoms with E-state index in [1.165, 1.54) is 17.0 Å².